The van der Waals surface area contributed by atoms with Crippen molar-refractivity contribution in [3.63, 3.8) is 0 Å². The third-order valence-electron chi connectivity index (χ3n) is 3.23. The zero-order valence-electron chi connectivity index (χ0n) is 11.2. The molecule has 0 unspecified atom stereocenters. The molecule has 9 heteroatoms. The van der Waals surface area contributed by atoms with Gasteiger partial charge in [0.05, 0.1) is 22.8 Å². The number of hydrogen-bond acceptors (Lipinski definition) is 4. The van der Waals surface area contributed by atoms with E-state index in [0.29, 0.717) is 29.7 Å². The Kier molecular flexibility index (Phi) is 5.84. The minimum atomic E-state index is -3.74. The summed E-state index contributed by atoms with van der Waals surface area (Å²) in [6.45, 7) is 2.00. The van der Waals surface area contributed by atoms with E-state index in [1.54, 1.807) is 12.1 Å². The van der Waals surface area contributed by atoms with E-state index in [-0.39, 0.29) is 18.6 Å². The Balaban J connectivity index is 2.20. The number of nitrogens with one attached hydrogen (secondary N) is 2. The maximum atomic E-state index is 11.1. The standard InChI is InChI=1S/C12H17Cl2N3O3S/c13-10-2-1-8(5-11(10)14)12-9(6-16-3-4-20-12)7-17-21(15,18)19/h1-2,5,9,12,16-17H,3-4,6-7H2,(H2,15,18,19)/t9-,12-/m0/s1. The van der Waals surface area contributed by atoms with Crippen molar-refractivity contribution in [1.29, 1.82) is 0 Å². The van der Waals surface area contributed by atoms with Crippen LogP contribution in [0.15, 0.2) is 18.2 Å². The van der Waals surface area contributed by atoms with E-state index < -0.39 is 10.2 Å². The number of ether oxygens (including phenoxy) is 1. The van der Waals surface area contributed by atoms with Gasteiger partial charge in [0.25, 0.3) is 10.2 Å². The van der Waals surface area contributed by atoms with Crippen LogP contribution < -0.4 is 15.2 Å². The molecule has 0 amide bonds. The molecule has 0 radical (unpaired) electrons. The summed E-state index contributed by atoms with van der Waals surface area (Å²) in [5.41, 5.74) is 0.856. The van der Waals surface area contributed by atoms with Crippen molar-refractivity contribution in [2.24, 2.45) is 11.1 Å². The minimum Gasteiger partial charge on any atom is -0.372 e. The molecule has 0 aliphatic carbocycles. The van der Waals surface area contributed by atoms with Crippen molar-refractivity contribution < 1.29 is 13.2 Å². The molecule has 21 heavy (non-hydrogen) atoms. The first-order valence-corrected chi connectivity index (χ1v) is 8.71. The van der Waals surface area contributed by atoms with Crippen LogP contribution in [-0.2, 0) is 14.9 Å². The van der Waals surface area contributed by atoms with E-state index in [1.807, 2.05) is 6.07 Å². The molecule has 6 nitrogen and oxygen atoms in total. The highest BCUT2D eigenvalue weighted by Gasteiger charge is 2.27. The van der Waals surface area contributed by atoms with Gasteiger partial charge in [0.1, 0.15) is 0 Å². The van der Waals surface area contributed by atoms with Crippen LogP contribution in [0.5, 0.6) is 0 Å². The Morgan fingerprint density at radius 1 is 1.38 bits per heavy atom. The summed E-state index contributed by atoms with van der Waals surface area (Å²) in [5, 5.41) is 9.08. The highest BCUT2D eigenvalue weighted by atomic mass is 35.5. The Morgan fingerprint density at radius 3 is 2.81 bits per heavy atom. The average Bonchev–Trinajstić information content (AvgIpc) is 2.64. The van der Waals surface area contributed by atoms with Gasteiger partial charge in [-0.15, -0.1) is 0 Å². The van der Waals surface area contributed by atoms with Gasteiger partial charge in [0.15, 0.2) is 0 Å². The van der Waals surface area contributed by atoms with Crippen LogP contribution in [-0.4, -0.2) is 34.7 Å². The first-order chi connectivity index (χ1) is 9.87. The molecular weight excluding hydrogens is 337 g/mol. The highest BCUT2D eigenvalue weighted by Crippen LogP contribution is 2.31. The Labute approximate surface area is 134 Å². The predicted octanol–water partition coefficient (Wildman–Crippen LogP) is 1.06. The molecule has 1 saturated heterocycles. The molecule has 1 aliphatic rings. The zero-order chi connectivity index (χ0) is 15.5. The first kappa shape index (κ1) is 17.0. The van der Waals surface area contributed by atoms with E-state index >= 15 is 0 Å². The molecule has 0 saturated carbocycles. The van der Waals surface area contributed by atoms with Gasteiger partial charge in [-0.1, -0.05) is 29.3 Å². The van der Waals surface area contributed by atoms with Gasteiger partial charge in [0.2, 0.25) is 0 Å². The van der Waals surface area contributed by atoms with Gasteiger partial charge in [-0.3, -0.25) is 0 Å². The highest BCUT2D eigenvalue weighted by molar-refractivity contribution is 7.87. The predicted molar refractivity (Wildman–Crippen MR) is 82.6 cm³/mol. The van der Waals surface area contributed by atoms with E-state index in [0.717, 1.165) is 5.56 Å². The Bertz CT molecular complexity index is 597. The number of hydrogen-bond donors (Lipinski definition) is 3. The Hall–Kier alpha value is -0.410. The third-order valence-corrected chi connectivity index (χ3v) is 4.54. The third kappa shape index (κ3) is 5.07. The largest absolute Gasteiger partial charge is 0.372 e. The van der Waals surface area contributed by atoms with Crippen molar-refractivity contribution in [3.8, 4) is 0 Å². The van der Waals surface area contributed by atoms with Crippen LogP contribution in [0, 0.1) is 5.92 Å². The summed E-state index contributed by atoms with van der Waals surface area (Å²) < 4.78 is 30.3. The summed E-state index contributed by atoms with van der Waals surface area (Å²) in [6.07, 6.45) is -0.288. The lowest BCUT2D eigenvalue weighted by Crippen LogP contribution is -2.39. The molecule has 118 valence electrons. The summed E-state index contributed by atoms with van der Waals surface area (Å²) >= 11 is 12.0. The normalized spacial score (nSPS) is 23.8. The van der Waals surface area contributed by atoms with Crippen LogP contribution in [0.1, 0.15) is 11.7 Å². The molecule has 2 rings (SSSR count). The fraction of sp³-hybridized carbons (Fsp3) is 0.500. The summed E-state index contributed by atoms with van der Waals surface area (Å²) in [7, 11) is -3.74. The van der Waals surface area contributed by atoms with Gasteiger partial charge in [-0.2, -0.15) is 8.42 Å². The molecule has 1 fully saturated rings. The quantitative estimate of drug-likeness (QED) is 0.754. The van der Waals surface area contributed by atoms with Gasteiger partial charge in [-0.05, 0) is 17.7 Å². The molecule has 0 bridgehead atoms. The smallest absolute Gasteiger partial charge is 0.274 e. The summed E-state index contributed by atoms with van der Waals surface area (Å²) in [6, 6.07) is 5.27. The van der Waals surface area contributed by atoms with Crippen molar-refractivity contribution >= 4 is 33.4 Å². The van der Waals surface area contributed by atoms with E-state index in [4.69, 9.17) is 33.1 Å². The van der Waals surface area contributed by atoms with Crippen molar-refractivity contribution in [3.05, 3.63) is 33.8 Å². The Morgan fingerprint density at radius 2 is 2.14 bits per heavy atom. The van der Waals surface area contributed by atoms with Gasteiger partial charge < -0.3 is 10.1 Å². The number of benzene rings is 1. The molecule has 1 heterocycles. The molecule has 1 aliphatic heterocycles. The van der Waals surface area contributed by atoms with Crippen molar-refractivity contribution in [1.82, 2.24) is 10.0 Å². The van der Waals surface area contributed by atoms with Gasteiger partial charge in [0, 0.05) is 25.6 Å². The second-order valence-corrected chi connectivity index (χ2v) is 7.02. The van der Waals surface area contributed by atoms with E-state index in [1.165, 1.54) is 0 Å². The maximum Gasteiger partial charge on any atom is 0.274 e. The summed E-state index contributed by atoms with van der Waals surface area (Å²) in [4.78, 5) is 0. The molecule has 4 N–H and O–H groups in total. The molecule has 1 aromatic carbocycles. The van der Waals surface area contributed by atoms with Crippen LogP contribution >= 0.6 is 23.2 Å². The van der Waals surface area contributed by atoms with Crippen LogP contribution in [0.2, 0.25) is 10.0 Å². The van der Waals surface area contributed by atoms with Gasteiger partial charge in [-0.25, -0.2) is 9.86 Å². The molecule has 1 aromatic rings. The topological polar surface area (TPSA) is 93.5 Å². The molecule has 0 spiro atoms. The molecule has 2 atom stereocenters. The zero-order valence-corrected chi connectivity index (χ0v) is 13.5. The first-order valence-electron chi connectivity index (χ1n) is 6.41. The van der Waals surface area contributed by atoms with Crippen molar-refractivity contribution in [2.45, 2.75) is 6.10 Å². The monoisotopic (exact) mass is 353 g/mol. The lowest BCUT2D eigenvalue weighted by Gasteiger charge is -2.25. The summed E-state index contributed by atoms with van der Waals surface area (Å²) in [5.74, 6) is -0.108. The van der Waals surface area contributed by atoms with Crippen LogP contribution in [0.25, 0.3) is 0 Å². The average molecular weight is 354 g/mol. The van der Waals surface area contributed by atoms with Crippen LogP contribution in [0.3, 0.4) is 0 Å². The lowest BCUT2D eigenvalue weighted by atomic mass is 9.95. The van der Waals surface area contributed by atoms with Gasteiger partial charge >= 0.3 is 0 Å². The molecular formula is C12H17Cl2N3O3S. The number of nitrogens with two attached hydrogens (primary N) is 1. The fourth-order valence-corrected chi connectivity index (χ4v) is 3.00. The SMILES string of the molecule is NS(=O)(=O)NC[C@@H]1CNCCO[C@H]1c1ccc(Cl)c(Cl)c1. The second-order valence-electron chi connectivity index (χ2n) is 4.82. The van der Waals surface area contributed by atoms with E-state index in [9.17, 15) is 8.42 Å². The second kappa shape index (κ2) is 7.23. The number of halogens is 2. The minimum absolute atomic E-state index is 0.108. The number of rotatable bonds is 4. The van der Waals surface area contributed by atoms with E-state index in [2.05, 4.69) is 10.0 Å². The molecule has 0 aromatic heterocycles. The van der Waals surface area contributed by atoms with Crippen LogP contribution in [0.4, 0.5) is 0 Å². The maximum absolute atomic E-state index is 11.1. The van der Waals surface area contributed by atoms with Crippen molar-refractivity contribution in [2.75, 3.05) is 26.2 Å². The lowest BCUT2D eigenvalue weighted by molar-refractivity contribution is 0.0322. The fourth-order valence-electron chi connectivity index (χ4n) is 2.25.